The zero-order valence-electron chi connectivity index (χ0n) is 16.4. The summed E-state index contributed by atoms with van der Waals surface area (Å²) in [5, 5.41) is 9.27. The van der Waals surface area contributed by atoms with Crippen LogP contribution in [0, 0.1) is 11.3 Å². The second-order valence-corrected chi connectivity index (χ2v) is 7.74. The number of ether oxygens (including phenoxy) is 1. The Morgan fingerprint density at radius 2 is 1.97 bits per heavy atom. The maximum atomic E-state index is 13.4. The highest BCUT2D eigenvalue weighted by Crippen LogP contribution is 2.39. The zero-order chi connectivity index (χ0) is 23.4. The highest BCUT2D eigenvalue weighted by molar-refractivity contribution is 7.85. The molecular formula is C18H18F3N5O4S. The van der Waals surface area contributed by atoms with Gasteiger partial charge in [-0.2, -0.15) is 26.9 Å². The number of pyridine rings is 1. The molecule has 0 saturated carbocycles. The van der Waals surface area contributed by atoms with Gasteiger partial charge in [0, 0.05) is 19.2 Å². The first-order valence-electron chi connectivity index (χ1n) is 8.54. The van der Waals surface area contributed by atoms with Crippen molar-refractivity contribution in [3.05, 3.63) is 41.9 Å². The number of hydrogen-bond donors (Lipinski definition) is 2. The Labute approximate surface area is 175 Å². The molecule has 0 fully saturated rings. The highest BCUT2D eigenvalue weighted by Gasteiger charge is 2.35. The highest BCUT2D eigenvalue weighted by atomic mass is 32.2. The fourth-order valence-corrected chi connectivity index (χ4v) is 2.56. The molecule has 0 amide bonds. The summed E-state index contributed by atoms with van der Waals surface area (Å²) in [6.45, 7) is 0.0729. The molecule has 3 N–H and O–H groups in total. The van der Waals surface area contributed by atoms with Gasteiger partial charge in [-0.05, 0) is 24.3 Å². The number of halogens is 3. The number of aromatic nitrogens is 3. The molecule has 0 aliphatic heterocycles. The van der Waals surface area contributed by atoms with Crippen LogP contribution >= 0.6 is 0 Å². The van der Waals surface area contributed by atoms with Crippen molar-refractivity contribution < 1.29 is 30.9 Å². The van der Waals surface area contributed by atoms with Crippen molar-refractivity contribution in [2.24, 2.45) is 12.8 Å². The van der Waals surface area contributed by atoms with Crippen LogP contribution in [-0.4, -0.2) is 46.9 Å². The number of nitriles is 1. The van der Waals surface area contributed by atoms with Crippen molar-refractivity contribution in [2.75, 3.05) is 19.4 Å². The number of hydrogen-bond acceptors (Lipinski definition) is 7. The van der Waals surface area contributed by atoms with Crippen molar-refractivity contribution in [1.29, 1.82) is 5.26 Å². The predicted molar refractivity (Wildman–Crippen MR) is 106 cm³/mol. The molecule has 0 aliphatic carbocycles. The number of fused-ring (bicyclic) bond motifs is 1. The van der Waals surface area contributed by atoms with E-state index in [2.05, 4.69) is 9.97 Å². The van der Waals surface area contributed by atoms with E-state index in [1.807, 2.05) is 6.07 Å². The smallest absolute Gasteiger partial charge is 0.419 e. The standard InChI is InChI=1S/C17H14F3N5O.CH4O3S/c1-25-9-23-16-13(8-22)24-12(7-14(16)25)10-2-3-15(26-5-4-21)11(6-10)17(18,19)20;1-5(2,3)4/h2-3,6-7,9H,4-5,21H2,1H3;1H3,(H,2,3,4). The number of nitrogens with two attached hydrogens (primary N) is 1. The molecule has 3 rings (SSSR count). The molecule has 0 unspecified atom stereocenters. The van der Waals surface area contributed by atoms with Gasteiger partial charge in [-0.1, -0.05) is 0 Å². The lowest BCUT2D eigenvalue weighted by atomic mass is 10.1. The third-order valence-electron chi connectivity index (χ3n) is 3.77. The Hall–Kier alpha value is -3.21. The third-order valence-corrected chi connectivity index (χ3v) is 3.77. The molecule has 0 aliphatic rings. The van der Waals surface area contributed by atoms with Crippen molar-refractivity contribution in [3.63, 3.8) is 0 Å². The third kappa shape index (κ3) is 6.38. The van der Waals surface area contributed by atoms with E-state index in [1.165, 1.54) is 18.5 Å². The number of imidazole rings is 1. The van der Waals surface area contributed by atoms with Gasteiger partial charge >= 0.3 is 6.18 Å². The van der Waals surface area contributed by atoms with Gasteiger partial charge in [0.25, 0.3) is 10.1 Å². The van der Waals surface area contributed by atoms with E-state index in [-0.39, 0.29) is 35.9 Å². The molecule has 2 aromatic heterocycles. The molecule has 1 aromatic carbocycles. The molecule has 13 heteroatoms. The molecule has 0 radical (unpaired) electrons. The average Bonchev–Trinajstić information content (AvgIpc) is 3.04. The van der Waals surface area contributed by atoms with Crippen LogP contribution in [0.4, 0.5) is 13.2 Å². The molecule has 0 spiro atoms. The number of nitrogens with zero attached hydrogens (tertiary/aromatic N) is 4. The van der Waals surface area contributed by atoms with Crippen LogP contribution in [0.2, 0.25) is 0 Å². The first-order chi connectivity index (χ1) is 14.3. The summed E-state index contributed by atoms with van der Waals surface area (Å²) in [5.41, 5.74) is 5.88. The lowest BCUT2D eigenvalue weighted by Crippen LogP contribution is -2.14. The first-order valence-corrected chi connectivity index (χ1v) is 10.4. The largest absolute Gasteiger partial charge is 0.492 e. The van der Waals surface area contributed by atoms with E-state index >= 15 is 0 Å². The van der Waals surface area contributed by atoms with Gasteiger partial charge in [0.2, 0.25) is 0 Å². The number of aryl methyl sites for hydroxylation is 1. The lowest BCUT2D eigenvalue weighted by Gasteiger charge is -2.15. The summed E-state index contributed by atoms with van der Waals surface area (Å²) in [6.07, 6.45) is -2.37. The van der Waals surface area contributed by atoms with Crippen LogP contribution in [0.1, 0.15) is 11.3 Å². The Bertz CT molecular complexity index is 1230. The molecule has 2 heterocycles. The van der Waals surface area contributed by atoms with Crippen LogP contribution in [0.25, 0.3) is 22.3 Å². The van der Waals surface area contributed by atoms with Crippen LogP contribution < -0.4 is 10.5 Å². The number of benzene rings is 1. The van der Waals surface area contributed by atoms with E-state index in [1.54, 1.807) is 17.7 Å². The minimum atomic E-state index is -4.60. The maximum absolute atomic E-state index is 13.4. The second-order valence-electron chi connectivity index (χ2n) is 6.27. The van der Waals surface area contributed by atoms with E-state index in [0.717, 1.165) is 6.07 Å². The van der Waals surface area contributed by atoms with Gasteiger partial charge in [-0.15, -0.1) is 0 Å². The van der Waals surface area contributed by atoms with Crippen LogP contribution in [0.15, 0.2) is 30.6 Å². The summed E-state index contributed by atoms with van der Waals surface area (Å²) in [5.74, 6) is -0.297. The van der Waals surface area contributed by atoms with Gasteiger partial charge in [-0.25, -0.2) is 9.97 Å². The summed E-state index contributed by atoms with van der Waals surface area (Å²) >= 11 is 0. The topological polar surface area (TPSA) is 144 Å². The number of rotatable bonds is 4. The van der Waals surface area contributed by atoms with Crippen LogP contribution in [0.3, 0.4) is 0 Å². The molecule has 31 heavy (non-hydrogen) atoms. The van der Waals surface area contributed by atoms with Crippen LogP contribution in [-0.2, 0) is 23.3 Å². The Morgan fingerprint density at radius 1 is 1.32 bits per heavy atom. The molecule has 0 saturated heterocycles. The van der Waals surface area contributed by atoms with Crippen molar-refractivity contribution in [1.82, 2.24) is 14.5 Å². The van der Waals surface area contributed by atoms with E-state index in [9.17, 15) is 26.9 Å². The quantitative estimate of drug-likeness (QED) is 0.568. The second kappa shape index (κ2) is 9.29. The van der Waals surface area contributed by atoms with Gasteiger partial charge in [-0.3, -0.25) is 4.55 Å². The van der Waals surface area contributed by atoms with Crippen molar-refractivity contribution in [3.8, 4) is 23.1 Å². The molecule has 0 bridgehead atoms. The fourth-order valence-electron chi connectivity index (χ4n) is 2.56. The molecular weight excluding hydrogens is 439 g/mol. The van der Waals surface area contributed by atoms with E-state index in [0.29, 0.717) is 17.3 Å². The van der Waals surface area contributed by atoms with Gasteiger partial charge in [0.1, 0.15) is 23.9 Å². The van der Waals surface area contributed by atoms with Gasteiger partial charge in [0.05, 0.1) is 29.4 Å². The first kappa shape index (κ1) is 24.1. The molecule has 166 valence electrons. The minimum Gasteiger partial charge on any atom is -0.492 e. The van der Waals surface area contributed by atoms with E-state index in [4.69, 9.17) is 15.0 Å². The van der Waals surface area contributed by atoms with E-state index < -0.39 is 21.9 Å². The Kier molecular flexibility index (Phi) is 7.21. The SMILES string of the molecule is CS(=O)(=O)O.Cn1cnc2c(C#N)nc(-c3ccc(OCCN)c(C(F)(F)F)c3)cc21. The maximum Gasteiger partial charge on any atom is 0.419 e. The summed E-state index contributed by atoms with van der Waals surface area (Å²) < 4.78 is 72.8. The summed E-state index contributed by atoms with van der Waals surface area (Å²) in [7, 11) is -1.94. The lowest BCUT2D eigenvalue weighted by molar-refractivity contribution is -0.138. The zero-order valence-corrected chi connectivity index (χ0v) is 17.2. The summed E-state index contributed by atoms with van der Waals surface area (Å²) in [6, 6.07) is 7.18. The average molecular weight is 457 g/mol. The van der Waals surface area contributed by atoms with Crippen LogP contribution in [0.5, 0.6) is 5.75 Å². The fraction of sp³-hybridized carbons (Fsp3) is 0.278. The molecule has 9 nitrogen and oxygen atoms in total. The number of alkyl halides is 3. The molecule has 0 atom stereocenters. The Balaban J connectivity index is 0.000000614. The monoisotopic (exact) mass is 457 g/mol. The molecule has 3 aromatic rings. The summed E-state index contributed by atoms with van der Waals surface area (Å²) in [4.78, 5) is 8.25. The van der Waals surface area contributed by atoms with Crippen molar-refractivity contribution >= 4 is 21.2 Å². The van der Waals surface area contributed by atoms with Crippen molar-refractivity contribution in [2.45, 2.75) is 6.18 Å². The van der Waals surface area contributed by atoms with Gasteiger partial charge < -0.3 is 15.0 Å². The minimum absolute atomic E-state index is 0.0275. The predicted octanol–water partition coefficient (Wildman–Crippen LogP) is 2.37. The van der Waals surface area contributed by atoms with Gasteiger partial charge in [0.15, 0.2) is 5.69 Å². The Morgan fingerprint density at radius 3 is 2.52 bits per heavy atom. The normalized spacial score (nSPS) is 11.5.